The van der Waals surface area contributed by atoms with E-state index in [1.165, 1.54) is 30.5 Å². The van der Waals surface area contributed by atoms with Gasteiger partial charge in [-0.15, -0.1) is 0 Å². The number of furan rings is 2. The zero-order chi connectivity index (χ0) is 27.1. The third-order valence-electron chi connectivity index (χ3n) is 5.11. The predicted octanol–water partition coefficient (Wildman–Crippen LogP) is 2.87. The molecular weight excluding hydrogens is 496 g/mol. The number of carbonyl (C=O) groups is 4. The van der Waals surface area contributed by atoms with Gasteiger partial charge < -0.3 is 19.0 Å². The summed E-state index contributed by atoms with van der Waals surface area (Å²) < 4.78 is 11.2. The number of hydrazine groups is 1. The molecule has 0 aliphatic heterocycles. The molecule has 2 aromatic heterocycles. The van der Waals surface area contributed by atoms with Crippen LogP contribution in [0.1, 0.15) is 32.2 Å². The Kier molecular flexibility index (Phi) is 7.74. The second-order valence-corrected chi connectivity index (χ2v) is 7.75. The van der Waals surface area contributed by atoms with Crippen molar-refractivity contribution in [1.29, 1.82) is 0 Å². The maximum Gasteiger partial charge on any atom is 0.335 e. The number of hydrazone groups is 1. The molecule has 0 saturated heterocycles. The number of carboxylic acids is 2. The van der Waals surface area contributed by atoms with E-state index in [9.17, 15) is 19.2 Å². The van der Waals surface area contributed by atoms with Crippen LogP contribution in [-0.4, -0.2) is 40.2 Å². The van der Waals surface area contributed by atoms with Crippen molar-refractivity contribution in [1.82, 2.24) is 16.3 Å². The molecular formula is C26H20N4O8. The summed E-state index contributed by atoms with van der Waals surface area (Å²) in [5.41, 5.74) is 8.19. The zero-order valence-corrected chi connectivity index (χ0v) is 19.5. The molecule has 2 amide bonds. The molecule has 12 nitrogen and oxygen atoms in total. The van der Waals surface area contributed by atoms with Gasteiger partial charge in [0.1, 0.15) is 23.0 Å². The van der Waals surface area contributed by atoms with Crippen LogP contribution in [-0.2, 0) is 16.1 Å². The van der Waals surface area contributed by atoms with Crippen LogP contribution in [0.5, 0.6) is 0 Å². The normalized spacial score (nSPS) is 10.8. The molecule has 4 aromatic rings. The van der Waals surface area contributed by atoms with Crippen LogP contribution in [0.3, 0.4) is 0 Å². The summed E-state index contributed by atoms with van der Waals surface area (Å²) in [6.07, 6.45) is 1.19. The Labute approximate surface area is 214 Å². The SMILES string of the molecule is O=C(NN=Cc1ccc(-c2cccc(C(=O)O)c2)o1)C(=O)NNCc1ccc(-c2cccc(C(=O)O)c2)o1. The smallest absolute Gasteiger partial charge is 0.335 e. The highest BCUT2D eigenvalue weighted by Gasteiger charge is 2.13. The third kappa shape index (κ3) is 6.38. The summed E-state index contributed by atoms with van der Waals surface area (Å²) in [6.45, 7) is 0.0547. The lowest BCUT2D eigenvalue weighted by atomic mass is 10.1. The van der Waals surface area contributed by atoms with Crippen LogP contribution in [0.2, 0.25) is 0 Å². The second-order valence-electron chi connectivity index (χ2n) is 7.75. The van der Waals surface area contributed by atoms with Crippen molar-refractivity contribution in [3.63, 3.8) is 0 Å². The molecule has 0 spiro atoms. The van der Waals surface area contributed by atoms with E-state index in [-0.39, 0.29) is 23.4 Å². The van der Waals surface area contributed by atoms with Crippen molar-refractivity contribution >= 4 is 30.0 Å². The highest BCUT2D eigenvalue weighted by atomic mass is 16.4. The van der Waals surface area contributed by atoms with Gasteiger partial charge in [-0.1, -0.05) is 24.3 Å². The van der Waals surface area contributed by atoms with Crippen molar-refractivity contribution < 1.29 is 38.2 Å². The van der Waals surface area contributed by atoms with Crippen LogP contribution < -0.4 is 16.3 Å². The second kappa shape index (κ2) is 11.5. The minimum atomic E-state index is -1.06. The molecule has 0 aliphatic carbocycles. The molecule has 0 unspecified atom stereocenters. The van der Waals surface area contributed by atoms with Gasteiger partial charge in [0, 0.05) is 11.1 Å². The van der Waals surface area contributed by atoms with Gasteiger partial charge in [0.15, 0.2) is 0 Å². The molecule has 2 aromatic carbocycles. The van der Waals surface area contributed by atoms with E-state index >= 15 is 0 Å². The lowest BCUT2D eigenvalue weighted by Gasteiger charge is -2.04. The van der Waals surface area contributed by atoms with Crippen LogP contribution in [0.25, 0.3) is 22.6 Å². The van der Waals surface area contributed by atoms with E-state index in [0.717, 1.165) is 0 Å². The quantitative estimate of drug-likeness (QED) is 0.127. The molecule has 0 aliphatic rings. The Bertz CT molecular complexity index is 1540. The number of nitrogens with zero attached hydrogens (tertiary/aromatic N) is 1. The van der Waals surface area contributed by atoms with Gasteiger partial charge in [-0.25, -0.2) is 20.4 Å². The molecule has 38 heavy (non-hydrogen) atoms. The fraction of sp³-hybridized carbons (Fsp3) is 0.0385. The van der Waals surface area contributed by atoms with Gasteiger partial charge in [0.25, 0.3) is 0 Å². The molecule has 4 rings (SSSR count). The predicted molar refractivity (Wildman–Crippen MR) is 133 cm³/mol. The van der Waals surface area contributed by atoms with E-state index in [1.807, 2.05) is 0 Å². The largest absolute Gasteiger partial charge is 0.478 e. The van der Waals surface area contributed by atoms with Crippen molar-refractivity contribution in [2.45, 2.75) is 6.54 Å². The van der Waals surface area contributed by atoms with Crippen LogP contribution >= 0.6 is 0 Å². The monoisotopic (exact) mass is 516 g/mol. The van der Waals surface area contributed by atoms with Crippen molar-refractivity contribution in [3.05, 3.63) is 95.4 Å². The van der Waals surface area contributed by atoms with Crippen molar-refractivity contribution in [3.8, 4) is 22.6 Å². The summed E-state index contributed by atoms with van der Waals surface area (Å²) in [4.78, 5) is 46.2. The molecule has 0 saturated carbocycles. The topological polar surface area (TPSA) is 183 Å². The molecule has 0 radical (unpaired) electrons. The first-order valence-corrected chi connectivity index (χ1v) is 11.0. The van der Waals surface area contributed by atoms with Gasteiger partial charge in [0.2, 0.25) is 0 Å². The summed E-state index contributed by atoms with van der Waals surface area (Å²) >= 11 is 0. The lowest BCUT2D eigenvalue weighted by molar-refractivity contribution is -0.139. The van der Waals surface area contributed by atoms with E-state index in [4.69, 9.17) is 19.0 Å². The van der Waals surface area contributed by atoms with Gasteiger partial charge in [0.05, 0.1) is 23.9 Å². The van der Waals surface area contributed by atoms with E-state index < -0.39 is 23.8 Å². The number of carbonyl (C=O) groups excluding carboxylic acids is 2. The van der Waals surface area contributed by atoms with Crippen molar-refractivity contribution in [2.24, 2.45) is 5.10 Å². The maximum absolute atomic E-state index is 12.0. The number of rotatable bonds is 9. The minimum Gasteiger partial charge on any atom is -0.478 e. The van der Waals surface area contributed by atoms with Crippen LogP contribution in [0.15, 0.2) is 86.7 Å². The summed E-state index contributed by atoms with van der Waals surface area (Å²) in [6, 6.07) is 18.9. The lowest BCUT2D eigenvalue weighted by Crippen LogP contribution is -2.44. The highest BCUT2D eigenvalue weighted by Crippen LogP contribution is 2.24. The number of nitrogens with one attached hydrogen (secondary N) is 3. The average Bonchev–Trinajstić information content (AvgIpc) is 3.59. The molecule has 192 valence electrons. The highest BCUT2D eigenvalue weighted by molar-refractivity contribution is 6.34. The number of hydrogen-bond acceptors (Lipinski definition) is 8. The average molecular weight is 516 g/mol. The van der Waals surface area contributed by atoms with Crippen LogP contribution in [0.4, 0.5) is 0 Å². The summed E-state index contributed by atoms with van der Waals surface area (Å²) in [5, 5.41) is 21.9. The molecule has 0 bridgehead atoms. The number of carboxylic acid groups (broad SMARTS) is 2. The fourth-order valence-corrected chi connectivity index (χ4v) is 3.29. The molecule has 0 fully saturated rings. The van der Waals surface area contributed by atoms with Crippen LogP contribution in [0, 0.1) is 0 Å². The number of benzene rings is 2. The van der Waals surface area contributed by atoms with Gasteiger partial charge >= 0.3 is 23.8 Å². The Balaban J connectivity index is 1.24. The van der Waals surface area contributed by atoms with Gasteiger partial charge in [-0.3, -0.25) is 15.0 Å². The third-order valence-corrected chi connectivity index (χ3v) is 5.11. The zero-order valence-electron chi connectivity index (χ0n) is 19.5. The van der Waals surface area contributed by atoms with Gasteiger partial charge in [-0.05, 0) is 48.5 Å². The van der Waals surface area contributed by atoms with E-state index in [0.29, 0.717) is 28.4 Å². The van der Waals surface area contributed by atoms with E-state index in [2.05, 4.69) is 21.4 Å². The van der Waals surface area contributed by atoms with Gasteiger partial charge in [-0.2, -0.15) is 5.10 Å². The first-order valence-electron chi connectivity index (χ1n) is 11.0. The van der Waals surface area contributed by atoms with E-state index in [1.54, 1.807) is 48.5 Å². The number of amides is 2. The summed E-state index contributed by atoms with van der Waals surface area (Å²) in [5.74, 6) is -2.62. The summed E-state index contributed by atoms with van der Waals surface area (Å²) in [7, 11) is 0. The first kappa shape index (κ1) is 25.6. The van der Waals surface area contributed by atoms with Crippen molar-refractivity contribution in [2.75, 3.05) is 0 Å². The molecule has 5 N–H and O–H groups in total. The number of aromatic carboxylic acids is 2. The molecule has 12 heteroatoms. The standard InChI is InChI=1S/C26H20N4O8/c31-23(29-27-13-19-7-9-21(37-19)15-3-1-5-17(11-15)25(33)34)24(32)30-28-14-20-8-10-22(38-20)16-4-2-6-18(12-16)26(35)36/h1-13,28H,14H2,(H,29,31)(H,30,32)(H,33,34)(H,35,36). The molecule has 0 atom stereocenters. The minimum absolute atomic E-state index is 0.0547. The Morgan fingerprint density at radius 3 is 2.00 bits per heavy atom. The molecule has 2 heterocycles. The number of hydrogen-bond donors (Lipinski definition) is 5. The Morgan fingerprint density at radius 2 is 1.37 bits per heavy atom. The Hall–Kier alpha value is -5.49. The Morgan fingerprint density at radius 1 is 0.763 bits per heavy atom. The maximum atomic E-state index is 12.0. The fourth-order valence-electron chi connectivity index (χ4n) is 3.29. The first-order chi connectivity index (χ1) is 18.3.